The zero-order valence-electron chi connectivity index (χ0n) is 15.4. The number of benzene rings is 1. The number of hydrogen-bond donors (Lipinski definition) is 0. The molecule has 0 amide bonds. The number of rotatable bonds is 3. The van der Waals surface area contributed by atoms with Crippen molar-refractivity contribution in [2.24, 2.45) is 0 Å². The SMILES string of the molecule is COc1cc(C2C3=C(CCCC3=O)OC3=C2C(=O)CCC3)cc(Br)c1OC. The van der Waals surface area contributed by atoms with E-state index in [9.17, 15) is 9.59 Å². The zero-order chi connectivity index (χ0) is 19.1. The van der Waals surface area contributed by atoms with Gasteiger partial charge in [-0.25, -0.2) is 0 Å². The van der Waals surface area contributed by atoms with Crippen molar-refractivity contribution in [3.05, 3.63) is 44.8 Å². The minimum absolute atomic E-state index is 0.0667. The van der Waals surface area contributed by atoms with Crippen LogP contribution in [-0.4, -0.2) is 25.8 Å². The number of hydrogen-bond acceptors (Lipinski definition) is 5. The van der Waals surface area contributed by atoms with Gasteiger partial charge in [-0.2, -0.15) is 0 Å². The second-order valence-electron chi connectivity index (χ2n) is 7.00. The Balaban J connectivity index is 1.93. The molecule has 142 valence electrons. The third-order valence-electron chi connectivity index (χ3n) is 5.43. The van der Waals surface area contributed by atoms with Crippen LogP contribution in [-0.2, 0) is 14.3 Å². The molecule has 0 radical (unpaired) electrons. The molecule has 2 aliphatic carbocycles. The summed E-state index contributed by atoms with van der Waals surface area (Å²) in [6.07, 6.45) is 4.02. The maximum Gasteiger partial charge on any atom is 0.174 e. The zero-order valence-corrected chi connectivity index (χ0v) is 17.0. The highest BCUT2D eigenvalue weighted by atomic mass is 79.9. The first kappa shape index (κ1) is 18.3. The molecule has 5 nitrogen and oxygen atoms in total. The molecule has 0 saturated heterocycles. The Morgan fingerprint density at radius 2 is 1.52 bits per heavy atom. The fourth-order valence-corrected chi connectivity index (χ4v) is 4.88. The quantitative estimate of drug-likeness (QED) is 0.698. The third-order valence-corrected chi connectivity index (χ3v) is 6.02. The van der Waals surface area contributed by atoms with Crippen LogP contribution < -0.4 is 9.47 Å². The molecule has 0 unspecified atom stereocenters. The fourth-order valence-electron chi connectivity index (χ4n) is 4.26. The lowest BCUT2D eigenvalue weighted by Crippen LogP contribution is -2.30. The summed E-state index contributed by atoms with van der Waals surface area (Å²) < 4.78 is 17.7. The minimum Gasteiger partial charge on any atom is -0.493 e. The van der Waals surface area contributed by atoms with Crippen LogP contribution in [0.5, 0.6) is 11.5 Å². The van der Waals surface area contributed by atoms with Gasteiger partial charge in [0.1, 0.15) is 11.5 Å². The Hall–Kier alpha value is -2.08. The summed E-state index contributed by atoms with van der Waals surface area (Å²) >= 11 is 3.53. The van der Waals surface area contributed by atoms with Crippen LogP contribution in [0.1, 0.15) is 50.0 Å². The van der Waals surface area contributed by atoms with Crippen LogP contribution in [0.4, 0.5) is 0 Å². The third kappa shape index (κ3) is 3.00. The van der Waals surface area contributed by atoms with Crippen LogP contribution >= 0.6 is 15.9 Å². The van der Waals surface area contributed by atoms with E-state index in [0.29, 0.717) is 35.5 Å². The Kier molecular flexibility index (Phi) is 4.84. The number of methoxy groups -OCH3 is 2. The molecule has 4 rings (SSSR count). The Labute approximate surface area is 166 Å². The van der Waals surface area contributed by atoms with Crippen LogP contribution in [0, 0.1) is 0 Å². The van der Waals surface area contributed by atoms with Gasteiger partial charge in [0.05, 0.1) is 18.7 Å². The Morgan fingerprint density at radius 3 is 2.04 bits per heavy atom. The predicted octanol–water partition coefficient (Wildman–Crippen LogP) is 4.59. The molecule has 0 atom stereocenters. The van der Waals surface area contributed by atoms with E-state index in [1.807, 2.05) is 12.1 Å². The lowest BCUT2D eigenvalue weighted by atomic mass is 9.73. The molecule has 1 heterocycles. The van der Waals surface area contributed by atoms with Crippen molar-refractivity contribution in [2.45, 2.75) is 44.4 Å². The minimum atomic E-state index is -0.402. The molecular weight excluding hydrogens is 412 g/mol. The summed E-state index contributed by atoms with van der Waals surface area (Å²) in [6.45, 7) is 0. The lowest BCUT2D eigenvalue weighted by Gasteiger charge is -2.36. The van der Waals surface area contributed by atoms with E-state index in [4.69, 9.17) is 14.2 Å². The van der Waals surface area contributed by atoms with Crippen molar-refractivity contribution < 1.29 is 23.8 Å². The van der Waals surface area contributed by atoms with Gasteiger partial charge in [-0.05, 0) is 46.5 Å². The van der Waals surface area contributed by atoms with E-state index in [0.717, 1.165) is 47.2 Å². The van der Waals surface area contributed by atoms with E-state index < -0.39 is 5.92 Å². The molecule has 1 aliphatic heterocycles. The lowest BCUT2D eigenvalue weighted by molar-refractivity contribution is -0.117. The molecule has 1 aromatic rings. The number of halogens is 1. The van der Waals surface area contributed by atoms with Gasteiger partial charge in [0.2, 0.25) is 0 Å². The highest BCUT2D eigenvalue weighted by Gasteiger charge is 2.42. The number of carbonyl (C=O) groups excluding carboxylic acids is 2. The molecule has 0 bridgehead atoms. The highest BCUT2D eigenvalue weighted by molar-refractivity contribution is 9.10. The molecule has 0 N–H and O–H groups in total. The fraction of sp³-hybridized carbons (Fsp3) is 0.429. The number of Topliss-reactive ketones (excluding diaryl/α,β-unsaturated/α-hetero) is 2. The van der Waals surface area contributed by atoms with Crippen LogP contribution in [0.15, 0.2) is 39.3 Å². The van der Waals surface area contributed by atoms with Crippen LogP contribution in [0.2, 0.25) is 0 Å². The van der Waals surface area contributed by atoms with Crippen molar-refractivity contribution in [1.82, 2.24) is 0 Å². The van der Waals surface area contributed by atoms with Gasteiger partial charge in [0.15, 0.2) is 23.1 Å². The van der Waals surface area contributed by atoms with Crippen molar-refractivity contribution in [3.63, 3.8) is 0 Å². The number of allylic oxidation sites excluding steroid dienone is 4. The van der Waals surface area contributed by atoms with Crippen LogP contribution in [0.3, 0.4) is 0 Å². The molecule has 1 aromatic carbocycles. The van der Waals surface area contributed by atoms with Gasteiger partial charge in [-0.15, -0.1) is 0 Å². The van der Waals surface area contributed by atoms with Gasteiger partial charge in [0.25, 0.3) is 0 Å². The standard InChI is InChI=1S/C21H21BrO5/c1-25-17-10-11(9-12(22)21(17)26-2)18-19-13(23)5-3-7-15(19)27-16-8-4-6-14(24)20(16)18/h9-10,18H,3-8H2,1-2H3. The van der Waals surface area contributed by atoms with E-state index in [-0.39, 0.29) is 11.6 Å². The van der Waals surface area contributed by atoms with Crippen molar-refractivity contribution >= 4 is 27.5 Å². The molecule has 0 aromatic heterocycles. The van der Waals surface area contributed by atoms with Gasteiger partial charge < -0.3 is 14.2 Å². The van der Waals surface area contributed by atoms with Crippen molar-refractivity contribution in [2.75, 3.05) is 14.2 Å². The second-order valence-corrected chi connectivity index (χ2v) is 7.85. The average Bonchev–Trinajstić information content (AvgIpc) is 2.66. The van der Waals surface area contributed by atoms with E-state index in [1.165, 1.54) is 0 Å². The molecule has 0 saturated carbocycles. The maximum atomic E-state index is 12.8. The van der Waals surface area contributed by atoms with Gasteiger partial charge in [-0.1, -0.05) is 0 Å². The average molecular weight is 433 g/mol. The summed E-state index contributed by atoms with van der Waals surface area (Å²) in [5.74, 6) is 2.34. The maximum absolute atomic E-state index is 12.8. The van der Waals surface area contributed by atoms with Gasteiger partial charge >= 0.3 is 0 Å². The summed E-state index contributed by atoms with van der Waals surface area (Å²) in [5, 5.41) is 0. The predicted molar refractivity (Wildman–Crippen MR) is 103 cm³/mol. The largest absolute Gasteiger partial charge is 0.493 e. The first-order valence-corrected chi connectivity index (χ1v) is 9.96. The van der Waals surface area contributed by atoms with Gasteiger partial charge in [0, 0.05) is 42.7 Å². The molecule has 0 fully saturated rings. The Bertz CT molecular complexity index is 854. The topological polar surface area (TPSA) is 61.8 Å². The van der Waals surface area contributed by atoms with E-state index in [1.54, 1.807) is 14.2 Å². The monoisotopic (exact) mass is 432 g/mol. The molecule has 3 aliphatic rings. The first-order valence-electron chi connectivity index (χ1n) is 9.17. The van der Waals surface area contributed by atoms with Gasteiger partial charge in [-0.3, -0.25) is 9.59 Å². The summed E-state index contributed by atoms with van der Waals surface area (Å²) in [7, 11) is 3.15. The van der Waals surface area contributed by atoms with E-state index in [2.05, 4.69) is 15.9 Å². The summed E-state index contributed by atoms with van der Waals surface area (Å²) in [6, 6.07) is 3.77. The molecule has 0 spiro atoms. The Morgan fingerprint density at radius 1 is 0.926 bits per heavy atom. The summed E-state index contributed by atoms with van der Waals surface area (Å²) in [5.41, 5.74) is 2.11. The normalized spacial score (nSPS) is 20.3. The molecule has 6 heteroatoms. The molecule has 27 heavy (non-hydrogen) atoms. The van der Waals surface area contributed by atoms with Crippen molar-refractivity contribution in [1.29, 1.82) is 0 Å². The van der Waals surface area contributed by atoms with E-state index >= 15 is 0 Å². The van der Waals surface area contributed by atoms with Crippen molar-refractivity contribution in [3.8, 4) is 11.5 Å². The smallest absolute Gasteiger partial charge is 0.174 e. The molecular formula is C21H21BrO5. The summed E-state index contributed by atoms with van der Waals surface area (Å²) in [4.78, 5) is 25.6. The number of ether oxygens (including phenoxy) is 3. The first-order chi connectivity index (χ1) is 13.0. The van der Waals surface area contributed by atoms with Crippen LogP contribution in [0.25, 0.3) is 0 Å². The number of ketones is 2. The number of carbonyl (C=O) groups is 2. The second kappa shape index (κ2) is 7.15. The highest BCUT2D eigenvalue weighted by Crippen LogP contribution is 2.49.